The second kappa shape index (κ2) is 11.0. The van der Waals surface area contributed by atoms with Crippen molar-refractivity contribution < 1.29 is 33.0 Å². The molecule has 2 N–H and O–H groups in total. The second-order valence-corrected chi connectivity index (χ2v) is 11.0. The summed E-state index contributed by atoms with van der Waals surface area (Å²) in [5.41, 5.74) is 1.53. The number of hydrogen-bond acceptors (Lipinski definition) is 6. The van der Waals surface area contributed by atoms with E-state index in [1.54, 1.807) is 42.3 Å². The molecule has 9 heteroatoms. The molecule has 1 amide bonds. The van der Waals surface area contributed by atoms with Gasteiger partial charge in [0.2, 0.25) is 5.91 Å². The Morgan fingerprint density at radius 3 is 2.44 bits per heavy atom. The van der Waals surface area contributed by atoms with Gasteiger partial charge in [-0.05, 0) is 67.0 Å². The van der Waals surface area contributed by atoms with E-state index in [9.17, 15) is 23.1 Å². The van der Waals surface area contributed by atoms with E-state index in [1.807, 2.05) is 6.07 Å². The molecule has 0 aliphatic heterocycles. The van der Waals surface area contributed by atoms with Crippen LogP contribution in [0.15, 0.2) is 53.4 Å². The van der Waals surface area contributed by atoms with Gasteiger partial charge in [-0.25, -0.2) is 13.2 Å². The van der Waals surface area contributed by atoms with Crippen molar-refractivity contribution in [1.29, 1.82) is 0 Å². The molecule has 0 aromatic heterocycles. The first kappa shape index (κ1) is 25.7. The first-order valence-electron chi connectivity index (χ1n) is 11.2. The van der Waals surface area contributed by atoms with E-state index in [0.717, 1.165) is 24.7 Å². The number of carbonyl (C=O) groups excluding carboxylic acids is 1. The van der Waals surface area contributed by atoms with Crippen LogP contribution < -0.4 is 4.74 Å². The molecule has 34 heavy (non-hydrogen) atoms. The molecule has 1 saturated carbocycles. The highest BCUT2D eigenvalue weighted by Gasteiger charge is 2.30. The van der Waals surface area contributed by atoms with Crippen molar-refractivity contribution in [1.82, 2.24) is 4.90 Å². The van der Waals surface area contributed by atoms with Crippen molar-refractivity contribution in [2.75, 3.05) is 19.9 Å². The fourth-order valence-electron chi connectivity index (χ4n) is 4.38. The molecule has 2 aromatic carbocycles. The summed E-state index contributed by atoms with van der Waals surface area (Å²) in [6.07, 6.45) is 3.88. The Labute approximate surface area is 200 Å². The monoisotopic (exact) mass is 489 g/mol. The van der Waals surface area contributed by atoms with Crippen molar-refractivity contribution in [3.63, 3.8) is 0 Å². The molecule has 0 radical (unpaired) electrons. The minimum Gasteiger partial charge on any atom is -0.482 e. The van der Waals surface area contributed by atoms with Crippen LogP contribution in [0, 0.1) is 5.92 Å². The van der Waals surface area contributed by atoms with E-state index >= 15 is 0 Å². The maximum Gasteiger partial charge on any atom is 0.341 e. The first-order chi connectivity index (χ1) is 16.0. The lowest BCUT2D eigenvalue weighted by Crippen LogP contribution is -2.33. The van der Waals surface area contributed by atoms with Crippen molar-refractivity contribution >= 4 is 21.7 Å². The van der Waals surface area contributed by atoms with Gasteiger partial charge in [-0.15, -0.1) is 0 Å². The third-order valence-corrected chi connectivity index (χ3v) is 7.37. The Morgan fingerprint density at radius 1 is 1.15 bits per heavy atom. The Balaban J connectivity index is 1.80. The quantitative estimate of drug-likeness (QED) is 0.526. The smallest absolute Gasteiger partial charge is 0.341 e. The fraction of sp³-hybridized carbons (Fsp3) is 0.440. The summed E-state index contributed by atoms with van der Waals surface area (Å²) in [7, 11) is -1.58. The lowest BCUT2D eigenvalue weighted by Gasteiger charge is -2.31. The summed E-state index contributed by atoms with van der Waals surface area (Å²) in [4.78, 5) is 25.9. The molecule has 1 aliphatic rings. The van der Waals surface area contributed by atoms with Crippen LogP contribution in [0.1, 0.15) is 42.9 Å². The maximum absolute atomic E-state index is 13.2. The highest BCUT2D eigenvalue weighted by atomic mass is 32.2. The molecule has 1 aliphatic carbocycles. The van der Waals surface area contributed by atoms with E-state index in [0.29, 0.717) is 24.2 Å². The molecule has 0 spiro atoms. The van der Waals surface area contributed by atoms with Crippen LogP contribution in [0.25, 0.3) is 0 Å². The Kier molecular flexibility index (Phi) is 8.33. The van der Waals surface area contributed by atoms with Crippen LogP contribution in [-0.2, 0) is 25.8 Å². The maximum atomic E-state index is 13.2. The standard InChI is InChI=1S/C25H31NO7S/c1-26(24(28)14-17-7-10-22(11-8-17)34(2,31)32)23(13-18-6-9-20(27)12-18)19-4-3-5-21(15-19)33-16-25(29)30/h3-5,7-8,10-11,15,18,20,23,27H,6,9,12-14,16H2,1-2H3,(H,29,30). The molecule has 3 unspecified atom stereocenters. The van der Waals surface area contributed by atoms with Crippen LogP contribution in [0.3, 0.4) is 0 Å². The number of carbonyl (C=O) groups is 2. The van der Waals surface area contributed by atoms with Crippen molar-refractivity contribution in [2.24, 2.45) is 5.92 Å². The third-order valence-electron chi connectivity index (χ3n) is 6.24. The van der Waals surface area contributed by atoms with Gasteiger partial charge in [-0.3, -0.25) is 4.79 Å². The molecule has 1 fully saturated rings. The minimum atomic E-state index is -3.31. The number of benzene rings is 2. The van der Waals surface area contributed by atoms with Gasteiger partial charge >= 0.3 is 5.97 Å². The normalized spacial score (nSPS) is 18.9. The number of amides is 1. The largest absolute Gasteiger partial charge is 0.482 e. The average Bonchev–Trinajstić information content (AvgIpc) is 3.20. The van der Waals surface area contributed by atoms with Gasteiger partial charge in [0, 0.05) is 13.3 Å². The summed E-state index contributed by atoms with van der Waals surface area (Å²) in [6, 6.07) is 13.1. The topological polar surface area (TPSA) is 121 Å². The number of carboxylic acid groups (broad SMARTS) is 1. The van der Waals surface area contributed by atoms with Crippen LogP contribution in [0.2, 0.25) is 0 Å². The fourth-order valence-corrected chi connectivity index (χ4v) is 5.01. The zero-order valence-corrected chi connectivity index (χ0v) is 20.2. The number of aliphatic hydroxyl groups excluding tert-OH is 1. The highest BCUT2D eigenvalue weighted by molar-refractivity contribution is 7.90. The molecule has 3 rings (SSSR count). The number of sulfone groups is 1. The number of rotatable bonds is 10. The molecular formula is C25H31NO7S. The number of hydrogen-bond donors (Lipinski definition) is 2. The van der Waals surface area contributed by atoms with Crippen LogP contribution in [-0.4, -0.2) is 61.4 Å². The van der Waals surface area contributed by atoms with E-state index in [2.05, 4.69) is 0 Å². The van der Waals surface area contributed by atoms with E-state index in [1.165, 1.54) is 12.1 Å². The molecule has 0 heterocycles. The lowest BCUT2D eigenvalue weighted by molar-refractivity contribution is -0.139. The summed E-state index contributed by atoms with van der Waals surface area (Å²) < 4.78 is 28.7. The molecule has 0 saturated heterocycles. The van der Waals surface area contributed by atoms with Gasteiger partial charge in [0.15, 0.2) is 16.4 Å². The number of aliphatic hydroxyl groups is 1. The molecule has 8 nitrogen and oxygen atoms in total. The minimum absolute atomic E-state index is 0.111. The second-order valence-electron chi connectivity index (χ2n) is 8.94. The zero-order chi connectivity index (χ0) is 24.9. The van der Waals surface area contributed by atoms with Gasteiger partial charge in [-0.1, -0.05) is 24.3 Å². The first-order valence-corrected chi connectivity index (χ1v) is 13.1. The van der Waals surface area contributed by atoms with E-state index < -0.39 is 22.4 Å². The molecule has 0 bridgehead atoms. The van der Waals surface area contributed by atoms with Crippen LogP contribution >= 0.6 is 0 Å². The predicted molar refractivity (Wildman–Crippen MR) is 126 cm³/mol. The van der Waals surface area contributed by atoms with E-state index in [-0.39, 0.29) is 35.3 Å². The number of carboxylic acids is 1. The van der Waals surface area contributed by atoms with Gasteiger partial charge in [-0.2, -0.15) is 0 Å². The average molecular weight is 490 g/mol. The summed E-state index contributed by atoms with van der Waals surface area (Å²) in [5.74, 6) is -0.537. The number of nitrogens with zero attached hydrogens (tertiary/aromatic N) is 1. The Hall–Kier alpha value is -2.91. The Morgan fingerprint density at radius 2 is 1.85 bits per heavy atom. The molecular weight excluding hydrogens is 458 g/mol. The SMILES string of the molecule is CN(C(=O)Cc1ccc(S(C)(=O)=O)cc1)C(CC1CCC(O)C1)c1cccc(OCC(=O)O)c1. The van der Waals surface area contributed by atoms with Crippen molar-refractivity contribution in [3.8, 4) is 5.75 Å². The summed E-state index contributed by atoms with van der Waals surface area (Å²) in [6.45, 7) is -0.457. The van der Waals surface area contributed by atoms with Crippen molar-refractivity contribution in [2.45, 2.75) is 49.1 Å². The third kappa shape index (κ3) is 7.04. The Bertz CT molecular complexity index is 1110. The number of aliphatic carboxylic acids is 1. The van der Waals surface area contributed by atoms with Crippen LogP contribution in [0.5, 0.6) is 5.75 Å². The molecule has 3 atom stereocenters. The van der Waals surface area contributed by atoms with Gasteiger partial charge in [0.25, 0.3) is 0 Å². The van der Waals surface area contributed by atoms with E-state index in [4.69, 9.17) is 9.84 Å². The molecule has 2 aromatic rings. The number of ether oxygens (including phenoxy) is 1. The summed E-state index contributed by atoms with van der Waals surface area (Å²) >= 11 is 0. The van der Waals surface area contributed by atoms with Gasteiger partial charge < -0.3 is 19.8 Å². The van der Waals surface area contributed by atoms with Crippen LogP contribution in [0.4, 0.5) is 0 Å². The highest BCUT2D eigenvalue weighted by Crippen LogP contribution is 2.37. The lowest BCUT2D eigenvalue weighted by atomic mass is 9.92. The van der Waals surface area contributed by atoms with Crippen molar-refractivity contribution in [3.05, 3.63) is 59.7 Å². The predicted octanol–water partition coefficient (Wildman–Crippen LogP) is 2.85. The summed E-state index contributed by atoms with van der Waals surface area (Å²) in [5, 5.41) is 18.9. The van der Waals surface area contributed by atoms with Gasteiger partial charge in [0.05, 0.1) is 23.5 Å². The van der Waals surface area contributed by atoms with Gasteiger partial charge in [0.1, 0.15) is 5.75 Å². The zero-order valence-electron chi connectivity index (χ0n) is 19.4. The number of likely N-dealkylation sites (N-methyl/N-ethyl adjacent to an activating group) is 1. The molecule has 184 valence electrons.